The predicted molar refractivity (Wildman–Crippen MR) is 109 cm³/mol. The lowest BCUT2D eigenvalue weighted by atomic mass is 10.2. The zero-order chi connectivity index (χ0) is 18.9. The summed E-state index contributed by atoms with van der Waals surface area (Å²) in [7, 11) is 0. The van der Waals surface area contributed by atoms with Gasteiger partial charge in [0.05, 0.1) is 6.54 Å². The van der Waals surface area contributed by atoms with E-state index in [1.165, 1.54) is 5.57 Å². The van der Waals surface area contributed by atoms with Crippen molar-refractivity contribution in [2.75, 3.05) is 32.7 Å². The van der Waals surface area contributed by atoms with Gasteiger partial charge in [0, 0.05) is 25.2 Å². The van der Waals surface area contributed by atoms with Gasteiger partial charge in [0.2, 0.25) is 11.7 Å². The first-order valence-electron chi connectivity index (χ1n) is 9.55. The molecule has 3 rings (SSSR count). The lowest BCUT2D eigenvalue weighted by molar-refractivity contribution is 0.228. The van der Waals surface area contributed by atoms with Crippen molar-refractivity contribution in [3.8, 4) is 11.4 Å². The van der Waals surface area contributed by atoms with Gasteiger partial charge in [-0.25, -0.2) is 0 Å². The fourth-order valence-electron chi connectivity index (χ4n) is 3.25. The molecule has 0 spiro atoms. The standard InChI is InChI=1S/C22H28N4O/c1-3-5-10-19(4-2)17-25-13-9-14-26(16-15-25)18-21-23-22(24-27-21)20-11-7-6-8-12-20/h3-8,10-12H,1,9,13-18H2,2H3/b10-5-,19-4+. The van der Waals surface area contributed by atoms with Crippen molar-refractivity contribution in [1.82, 2.24) is 19.9 Å². The average molecular weight is 364 g/mol. The second-order valence-corrected chi connectivity index (χ2v) is 6.74. The Hall–Kier alpha value is -2.50. The van der Waals surface area contributed by atoms with Crippen molar-refractivity contribution in [1.29, 1.82) is 0 Å². The molecule has 2 aromatic rings. The normalized spacial score (nSPS) is 17.3. The first-order chi connectivity index (χ1) is 13.3. The van der Waals surface area contributed by atoms with Crippen molar-refractivity contribution < 1.29 is 4.52 Å². The Bertz CT molecular complexity index is 779. The summed E-state index contributed by atoms with van der Waals surface area (Å²) in [6.45, 7) is 11.7. The van der Waals surface area contributed by atoms with Crippen LogP contribution in [0.2, 0.25) is 0 Å². The minimum atomic E-state index is 0.661. The van der Waals surface area contributed by atoms with Crippen LogP contribution >= 0.6 is 0 Å². The third-order valence-corrected chi connectivity index (χ3v) is 4.76. The van der Waals surface area contributed by atoms with Gasteiger partial charge in [-0.05, 0) is 32.0 Å². The molecule has 0 bridgehead atoms. The quantitative estimate of drug-likeness (QED) is 0.697. The number of allylic oxidation sites excluding steroid dienone is 3. The maximum Gasteiger partial charge on any atom is 0.241 e. The largest absolute Gasteiger partial charge is 0.338 e. The lowest BCUT2D eigenvalue weighted by Crippen LogP contribution is -2.31. The van der Waals surface area contributed by atoms with Gasteiger partial charge in [-0.1, -0.05) is 66.4 Å². The van der Waals surface area contributed by atoms with Crippen LogP contribution in [0.25, 0.3) is 11.4 Å². The Balaban J connectivity index is 1.53. The minimum absolute atomic E-state index is 0.661. The van der Waals surface area contributed by atoms with Gasteiger partial charge < -0.3 is 4.52 Å². The molecule has 1 aromatic heterocycles. The summed E-state index contributed by atoms with van der Waals surface area (Å²) in [6, 6.07) is 9.95. The maximum absolute atomic E-state index is 5.47. The molecule has 0 aliphatic carbocycles. The number of aromatic nitrogens is 2. The predicted octanol–water partition coefficient (Wildman–Crippen LogP) is 3.93. The molecule has 0 N–H and O–H groups in total. The molecular weight excluding hydrogens is 336 g/mol. The fourth-order valence-corrected chi connectivity index (χ4v) is 3.25. The SMILES string of the molecule is C=C/C=C\C(=C/C)CN1CCCN(Cc2nc(-c3ccccc3)no2)CC1. The van der Waals surface area contributed by atoms with Gasteiger partial charge in [-0.3, -0.25) is 9.80 Å². The van der Waals surface area contributed by atoms with Gasteiger partial charge in [-0.2, -0.15) is 4.98 Å². The van der Waals surface area contributed by atoms with Crippen molar-refractivity contribution in [3.05, 3.63) is 72.7 Å². The summed E-state index contributed by atoms with van der Waals surface area (Å²) in [5.41, 5.74) is 2.31. The molecule has 0 saturated carbocycles. The Morgan fingerprint density at radius 1 is 1.15 bits per heavy atom. The second kappa shape index (κ2) is 10.00. The molecule has 1 fully saturated rings. The Labute approximate surface area is 161 Å². The summed E-state index contributed by atoms with van der Waals surface area (Å²) in [5.74, 6) is 1.35. The van der Waals surface area contributed by atoms with Crippen molar-refractivity contribution in [2.24, 2.45) is 0 Å². The van der Waals surface area contributed by atoms with E-state index in [-0.39, 0.29) is 0 Å². The van der Waals surface area contributed by atoms with Crippen LogP contribution in [0.4, 0.5) is 0 Å². The fraction of sp³-hybridized carbons (Fsp3) is 0.364. The summed E-state index contributed by atoms with van der Waals surface area (Å²) >= 11 is 0. The molecule has 0 radical (unpaired) electrons. The summed E-state index contributed by atoms with van der Waals surface area (Å²) in [4.78, 5) is 9.46. The molecule has 0 unspecified atom stereocenters. The molecule has 5 heteroatoms. The highest BCUT2D eigenvalue weighted by molar-refractivity contribution is 5.53. The number of hydrogen-bond donors (Lipinski definition) is 0. The van der Waals surface area contributed by atoms with Gasteiger partial charge in [-0.15, -0.1) is 0 Å². The van der Waals surface area contributed by atoms with Crippen LogP contribution in [0.1, 0.15) is 19.2 Å². The van der Waals surface area contributed by atoms with E-state index in [2.05, 4.69) is 45.6 Å². The number of hydrogen-bond acceptors (Lipinski definition) is 5. The summed E-state index contributed by atoms with van der Waals surface area (Å²) < 4.78 is 5.47. The van der Waals surface area contributed by atoms with Crippen molar-refractivity contribution >= 4 is 0 Å². The highest BCUT2D eigenvalue weighted by Gasteiger charge is 2.18. The molecule has 1 saturated heterocycles. The Morgan fingerprint density at radius 2 is 1.93 bits per heavy atom. The molecule has 1 aliphatic rings. The van der Waals surface area contributed by atoms with Crippen LogP contribution in [-0.2, 0) is 6.54 Å². The van der Waals surface area contributed by atoms with E-state index < -0.39 is 0 Å². The van der Waals surface area contributed by atoms with Crippen LogP contribution in [0.5, 0.6) is 0 Å². The van der Waals surface area contributed by atoms with Gasteiger partial charge in [0.1, 0.15) is 0 Å². The van der Waals surface area contributed by atoms with E-state index in [4.69, 9.17) is 4.52 Å². The van der Waals surface area contributed by atoms with Crippen LogP contribution in [-0.4, -0.2) is 52.7 Å². The van der Waals surface area contributed by atoms with Gasteiger partial charge in [0.25, 0.3) is 0 Å². The molecule has 1 aliphatic heterocycles. The number of rotatable bonds is 7. The van der Waals surface area contributed by atoms with Gasteiger partial charge in [0.15, 0.2) is 0 Å². The van der Waals surface area contributed by atoms with E-state index >= 15 is 0 Å². The van der Waals surface area contributed by atoms with E-state index in [9.17, 15) is 0 Å². The molecule has 142 valence electrons. The molecule has 1 aromatic carbocycles. The monoisotopic (exact) mass is 364 g/mol. The zero-order valence-corrected chi connectivity index (χ0v) is 16.1. The van der Waals surface area contributed by atoms with E-state index in [0.717, 1.165) is 44.7 Å². The highest BCUT2D eigenvalue weighted by Crippen LogP contribution is 2.16. The van der Waals surface area contributed by atoms with Crippen molar-refractivity contribution in [2.45, 2.75) is 19.9 Å². The van der Waals surface area contributed by atoms with Crippen LogP contribution in [0, 0.1) is 0 Å². The van der Waals surface area contributed by atoms with Crippen LogP contribution in [0.3, 0.4) is 0 Å². The third kappa shape index (κ3) is 5.74. The molecule has 27 heavy (non-hydrogen) atoms. The van der Waals surface area contributed by atoms with Crippen LogP contribution in [0.15, 0.2) is 71.3 Å². The van der Waals surface area contributed by atoms with Crippen LogP contribution < -0.4 is 0 Å². The van der Waals surface area contributed by atoms with E-state index in [1.807, 2.05) is 42.5 Å². The number of benzene rings is 1. The Morgan fingerprint density at radius 3 is 2.70 bits per heavy atom. The molecular formula is C22H28N4O. The van der Waals surface area contributed by atoms with Gasteiger partial charge >= 0.3 is 0 Å². The Kier molecular flexibility index (Phi) is 7.13. The highest BCUT2D eigenvalue weighted by atomic mass is 16.5. The topological polar surface area (TPSA) is 45.4 Å². The number of nitrogens with zero attached hydrogens (tertiary/aromatic N) is 4. The van der Waals surface area contributed by atoms with Crippen molar-refractivity contribution in [3.63, 3.8) is 0 Å². The molecule has 0 atom stereocenters. The second-order valence-electron chi connectivity index (χ2n) is 6.74. The zero-order valence-electron chi connectivity index (χ0n) is 16.1. The first-order valence-corrected chi connectivity index (χ1v) is 9.55. The molecule has 5 nitrogen and oxygen atoms in total. The van der Waals surface area contributed by atoms with E-state index in [1.54, 1.807) is 0 Å². The average Bonchev–Trinajstić information content (AvgIpc) is 3.06. The maximum atomic E-state index is 5.47. The molecule has 0 amide bonds. The molecule has 2 heterocycles. The lowest BCUT2D eigenvalue weighted by Gasteiger charge is -2.21. The smallest absolute Gasteiger partial charge is 0.241 e. The first kappa shape index (κ1) is 19.3. The third-order valence-electron chi connectivity index (χ3n) is 4.76. The summed E-state index contributed by atoms with van der Waals surface area (Å²) in [6.07, 6.45) is 9.27. The summed E-state index contributed by atoms with van der Waals surface area (Å²) in [5, 5.41) is 4.12. The van der Waals surface area contributed by atoms with E-state index in [0.29, 0.717) is 18.3 Å². The minimum Gasteiger partial charge on any atom is -0.338 e.